The fraction of sp³-hybridized carbons (Fsp3) is 0.421. The molecule has 0 saturated carbocycles. The van der Waals surface area contributed by atoms with Gasteiger partial charge in [-0.15, -0.1) is 0 Å². The molecule has 2 aromatic rings. The van der Waals surface area contributed by atoms with Crippen LogP contribution in [-0.4, -0.2) is 48.0 Å². The van der Waals surface area contributed by atoms with Crippen molar-refractivity contribution in [2.45, 2.75) is 19.4 Å². The van der Waals surface area contributed by atoms with E-state index in [2.05, 4.69) is 31.2 Å². The van der Waals surface area contributed by atoms with E-state index in [0.717, 1.165) is 43.0 Å². The second-order valence-corrected chi connectivity index (χ2v) is 6.73. The first-order chi connectivity index (χ1) is 12.1. The second kappa shape index (κ2) is 8.07. The lowest BCUT2D eigenvalue weighted by Gasteiger charge is -2.32. The van der Waals surface area contributed by atoms with Crippen molar-refractivity contribution in [3.63, 3.8) is 0 Å². The third-order valence-corrected chi connectivity index (χ3v) is 4.43. The molecule has 0 radical (unpaired) electrons. The quantitative estimate of drug-likeness (QED) is 0.906. The molecule has 1 unspecified atom stereocenters. The number of nitrogens with zero attached hydrogens (tertiary/aromatic N) is 4. The SMILES string of the molecule is CN(C)Cc1ccccc1NC(=O)C1CCCN(c2cnccn2)C1. The highest BCUT2D eigenvalue weighted by molar-refractivity contribution is 5.93. The van der Waals surface area contributed by atoms with E-state index in [0.29, 0.717) is 6.54 Å². The van der Waals surface area contributed by atoms with E-state index in [1.54, 1.807) is 18.6 Å². The van der Waals surface area contributed by atoms with Gasteiger partial charge in [-0.3, -0.25) is 9.78 Å². The average Bonchev–Trinajstić information content (AvgIpc) is 2.64. The molecule has 1 aromatic heterocycles. The summed E-state index contributed by atoms with van der Waals surface area (Å²) in [5, 5.41) is 3.13. The summed E-state index contributed by atoms with van der Waals surface area (Å²) >= 11 is 0. The van der Waals surface area contributed by atoms with E-state index >= 15 is 0 Å². The number of para-hydroxylation sites is 1. The minimum Gasteiger partial charge on any atom is -0.355 e. The van der Waals surface area contributed by atoms with E-state index in [1.165, 1.54) is 0 Å². The lowest BCUT2D eigenvalue weighted by Crippen LogP contribution is -2.41. The lowest BCUT2D eigenvalue weighted by molar-refractivity contribution is -0.120. The maximum atomic E-state index is 12.8. The summed E-state index contributed by atoms with van der Waals surface area (Å²) in [6.07, 6.45) is 6.99. The van der Waals surface area contributed by atoms with Crippen LogP contribution in [0.3, 0.4) is 0 Å². The molecule has 1 aliphatic rings. The predicted octanol–water partition coefficient (Wildman–Crippen LogP) is 2.39. The van der Waals surface area contributed by atoms with Gasteiger partial charge >= 0.3 is 0 Å². The number of hydrogen-bond acceptors (Lipinski definition) is 5. The van der Waals surface area contributed by atoms with Crippen LogP contribution in [0.1, 0.15) is 18.4 Å². The minimum absolute atomic E-state index is 0.0387. The maximum absolute atomic E-state index is 12.8. The summed E-state index contributed by atoms with van der Waals surface area (Å²) < 4.78 is 0. The number of hydrogen-bond donors (Lipinski definition) is 1. The van der Waals surface area contributed by atoms with Crippen LogP contribution in [0.5, 0.6) is 0 Å². The summed E-state index contributed by atoms with van der Waals surface area (Å²) in [6.45, 7) is 2.40. The average molecular weight is 339 g/mol. The van der Waals surface area contributed by atoms with Crippen molar-refractivity contribution in [2.24, 2.45) is 5.92 Å². The molecule has 1 aliphatic heterocycles. The number of piperidine rings is 1. The molecule has 1 amide bonds. The van der Waals surface area contributed by atoms with Crippen molar-refractivity contribution in [3.8, 4) is 0 Å². The smallest absolute Gasteiger partial charge is 0.229 e. The van der Waals surface area contributed by atoms with Crippen molar-refractivity contribution in [2.75, 3.05) is 37.4 Å². The van der Waals surface area contributed by atoms with Gasteiger partial charge in [-0.25, -0.2) is 4.98 Å². The van der Waals surface area contributed by atoms with Gasteiger partial charge in [-0.05, 0) is 38.6 Å². The van der Waals surface area contributed by atoms with E-state index in [4.69, 9.17) is 0 Å². The Labute approximate surface area is 148 Å². The first-order valence-electron chi connectivity index (χ1n) is 8.68. The van der Waals surface area contributed by atoms with Crippen LogP contribution < -0.4 is 10.2 Å². The molecule has 6 nitrogen and oxygen atoms in total. The van der Waals surface area contributed by atoms with Gasteiger partial charge in [0.15, 0.2) is 0 Å². The number of carbonyl (C=O) groups is 1. The standard InChI is InChI=1S/C19H25N5O/c1-23(2)13-15-6-3-4-8-17(15)22-19(25)16-7-5-11-24(14-16)18-12-20-9-10-21-18/h3-4,6,8-10,12,16H,5,7,11,13-14H2,1-2H3,(H,22,25). The first-order valence-corrected chi connectivity index (χ1v) is 8.68. The summed E-state index contributed by atoms with van der Waals surface area (Å²) in [5.74, 6) is 0.885. The number of anilines is 2. The highest BCUT2D eigenvalue weighted by Crippen LogP contribution is 2.23. The van der Waals surface area contributed by atoms with E-state index in [-0.39, 0.29) is 11.8 Å². The van der Waals surface area contributed by atoms with Crippen LogP contribution in [0.4, 0.5) is 11.5 Å². The molecule has 0 bridgehead atoms. The molecule has 1 fully saturated rings. The Hall–Kier alpha value is -2.47. The summed E-state index contributed by atoms with van der Waals surface area (Å²) in [6, 6.07) is 7.99. The van der Waals surface area contributed by atoms with Crippen LogP contribution in [0.25, 0.3) is 0 Å². The van der Waals surface area contributed by atoms with Crippen LogP contribution in [0.15, 0.2) is 42.9 Å². The fourth-order valence-electron chi connectivity index (χ4n) is 3.21. The lowest BCUT2D eigenvalue weighted by atomic mass is 9.97. The first kappa shape index (κ1) is 17.4. The molecule has 1 saturated heterocycles. The number of amides is 1. The Morgan fingerprint density at radius 2 is 2.16 bits per heavy atom. The van der Waals surface area contributed by atoms with Gasteiger partial charge in [-0.1, -0.05) is 18.2 Å². The van der Waals surface area contributed by atoms with Gasteiger partial charge in [0.1, 0.15) is 5.82 Å². The second-order valence-electron chi connectivity index (χ2n) is 6.73. The number of rotatable bonds is 5. The van der Waals surface area contributed by atoms with Gasteiger partial charge in [0.25, 0.3) is 0 Å². The summed E-state index contributed by atoms with van der Waals surface area (Å²) in [5.41, 5.74) is 2.03. The van der Waals surface area contributed by atoms with E-state index < -0.39 is 0 Å². The van der Waals surface area contributed by atoms with Gasteiger partial charge in [0.2, 0.25) is 5.91 Å². The van der Waals surface area contributed by atoms with Crippen LogP contribution in [0, 0.1) is 5.92 Å². The molecule has 25 heavy (non-hydrogen) atoms. The Morgan fingerprint density at radius 3 is 2.92 bits per heavy atom. The molecule has 1 atom stereocenters. The molecule has 0 spiro atoms. The highest BCUT2D eigenvalue weighted by atomic mass is 16.1. The third kappa shape index (κ3) is 4.54. The van der Waals surface area contributed by atoms with Crippen molar-refractivity contribution in [1.82, 2.24) is 14.9 Å². The maximum Gasteiger partial charge on any atom is 0.229 e. The fourth-order valence-corrected chi connectivity index (χ4v) is 3.21. The van der Waals surface area contributed by atoms with Gasteiger partial charge in [0.05, 0.1) is 12.1 Å². The zero-order chi connectivity index (χ0) is 17.6. The molecule has 1 N–H and O–H groups in total. The van der Waals surface area contributed by atoms with Gasteiger partial charge in [-0.2, -0.15) is 0 Å². The molecule has 132 valence electrons. The molecule has 2 heterocycles. The molecule has 3 rings (SSSR count). The number of carbonyl (C=O) groups excluding carboxylic acids is 1. The normalized spacial score (nSPS) is 17.6. The van der Waals surface area contributed by atoms with Crippen molar-refractivity contribution >= 4 is 17.4 Å². The topological polar surface area (TPSA) is 61.4 Å². The minimum atomic E-state index is -0.0387. The van der Waals surface area contributed by atoms with Crippen molar-refractivity contribution in [3.05, 3.63) is 48.4 Å². The predicted molar refractivity (Wildman–Crippen MR) is 99.4 cm³/mol. The Kier molecular flexibility index (Phi) is 5.60. The Balaban J connectivity index is 1.67. The molecule has 0 aliphatic carbocycles. The Morgan fingerprint density at radius 1 is 1.32 bits per heavy atom. The van der Waals surface area contributed by atoms with Crippen molar-refractivity contribution < 1.29 is 4.79 Å². The largest absolute Gasteiger partial charge is 0.355 e. The summed E-state index contributed by atoms with van der Waals surface area (Å²) in [7, 11) is 4.05. The monoisotopic (exact) mass is 339 g/mol. The molecular weight excluding hydrogens is 314 g/mol. The highest BCUT2D eigenvalue weighted by Gasteiger charge is 2.27. The number of aromatic nitrogens is 2. The van der Waals surface area contributed by atoms with E-state index in [9.17, 15) is 4.79 Å². The molecule has 1 aromatic carbocycles. The number of nitrogens with one attached hydrogen (secondary N) is 1. The zero-order valence-corrected chi connectivity index (χ0v) is 14.9. The van der Waals surface area contributed by atoms with Crippen LogP contribution >= 0.6 is 0 Å². The zero-order valence-electron chi connectivity index (χ0n) is 14.9. The van der Waals surface area contributed by atoms with Gasteiger partial charge < -0.3 is 15.1 Å². The summed E-state index contributed by atoms with van der Waals surface area (Å²) in [4.78, 5) is 25.5. The Bertz CT molecular complexity index is 704. The number of benzene rings is 1. The van der Waals surface area contributed by atoms with Crippen LogP contribution in [-0.2, 0) is 11.3 Å². The van der Waals surface area contributed by atoms with E-state index in [1.807, 2.05) is 32.3 Å². The molecule has 6 heteroatoms. The molecular formula is C19H25N5O. The van der Waals surface area contributed by atoms with Crippen LogP contribution in [0.2, 0.25) is 0 Å². The third-order valence-electron chi connectivity index (χ3n) is 4.43. The van der Waals surface area contributed by atoms with Crippen molar-refractivity contribution in [1.29, 1.82) is 0 Å². The van der Waals surface area contributed by atoms with Gasteiger partial charge in [0, 0.05) is 37.7 Å².